The van der Waals surface area contributed by atoms with Crippen LogP contribution in [0.1, 0.15) is 35.1 Å². The summed E-state index contributed by atoms with van der Waals surface area (Å²) in [5, 5.41) is 8.83. The molecule has 1 aromatic heterocycles. The van der Waals surface area contributed by atoms with E-state index in [2.05, 4.69) is 35.7 Å². The number of aromatic nitrogens is 2. The third-order valence-electron chi connectivity index (χ3n) is 4.21. The van der Waals surface area contributed by atoms with Gasteiger partial charge in [0.15, 0.2) is 0 Å². The first kappa shape index (κ1) is 13.7. The lowest BCUT2D eigenvalue weighted by Gasteiger charge is -2.32. The standard InChI is InChI=1S/C16H20ClN3/c1-11-16(10-20(2)19-11)14-6-7-18-9-15(14)12-4-3-5-13(17)8-12/h3-5,8,10,14-15,18H,6-7,9H2,1-2H3. The fraction of sp³-hybridized carbons (Fsp3) is 0.438. The summed E-state index contributed by atoms with van der Waals surface area (Å²) in [6.45, 7) is 4.17. The van der Waals surface area contributed by atoms with Gasteiger partial charge in [-0.25, -0.2) is 0 Å². The molecule has 2 atom stereocenters. The summed E-state index contributed by atoms with van der Waals surface area (Å²) in [5.74, 6) is 0.980. The molecule has 1 aromatic carbocycles. The van der Waals surface area contributed by atoms with Crippen LogP contribution in [-0.2, 0) is 7.05 Å². The molecule has 0 amide bonds. The Bertz CT molecular complexity index is 606. The molecule has 2 heterocycles. The molecule has 0 spiro atoms. The lowest BCUT2D eigenvalue weighted by molar-refractivity contribution is 0.403. The fourth-order valence-corrected chi connectivity index (χ4v) is 3.50. The minimum Gasteiger partial charge on any atom is -0.316 e. The van der Waals surface area contributed by atoms with Crippen LogP contribution in [0.5, 0.6) is 0 Å². The second kappa shape index (κ2) is 5.58. The Morgan fingerprint density at radius 1 is 1.35 bits per heavy atom. The molecule has 20 heavy (non-hydrogen) atoms. The molecular weight excluding hydrogens is 270 g/mol. The minimum absolute atomic E-state index is 0.463. The summed E-state index contributed by atoms with van der Waals surface area (Å²) >= 11 is 6.16. The third-order valence-corrected chi connectivity index (χ3v) is 4.44. The van der Waals surface area contributed by atoms with Gasteiger partial charge in [-0.2, -0.15) is 5.10 Å². The van der Waals surface area contributed by atoms with Crippen LogP contribution in [0.25, 0.3) is 0 Å². The van der Waals surface area contributed by atoms with Gasteiger partial charge in [-0.3, -0.25) is 4.68 Å². The van der Waals surface area contributed by atoms with Crippen LogP contribution >= 0.6 is 11.6 Å². The van der Waals surface area contributed by atoms with E-state index in [9.17, 15) is 0 Å². The first-order valence-corrected chi connectivity index (χ1v) is 7.49. The molecule has 1 N–H and O–H groups in total. The van der Waals surface area contributed by atoms with E-state index < -0.39 is 0 Å². The number of nitrogens with one attached hydrogen (secondary N) is 1. The number of hydrogen-bond donors (Lipinski definition) is 1. The largest absolute Gasteiger partial charge is 0.316 e. The van der Waals surface area contributed by atoms with Crippen molar-refractivity contribution in [3.8, 4) is 0 Å². The summed E-state index contributed by atoms with van der Waals surface area (Å²) in [4.78, 5) is 0. The van der Waals surface area contributed by atoms with E-state index in [0.717, 1.165) is 30.2 Å². The van der Waals surface area contributed by atoms with Crippen molar-refractivity contribution in [1.29, 1.82) is 0 Å². The van der Waals surface area contributed by atoms with Crippen molar-refractivity contribution in [3.05, 3.63) is 52.3 Å². The van der Waals surface area contributed by atoms with Crippen molar-refractivity contribution in [1.82, 2.24) is 15.1 Å². The van der Waals surface area contributed by atoms with E-state index in [1.165, 1.54) is 11.1 Å². The Balaban J connectivity index is 1.97. The van der Waals surface area contributed by atoms with E-state index in [1.807, 2.05) is 23.9 Å². The summed E-state index contributed by atoms with van der Waals surface area (Å²) < 4.78 is 1.92. The molecule has 2 unspecified atom stereocenters. The van der Waals surface area contributed by atoms with Gasteiger partial charge in [0.25, 0.3) is 0 Å². The molecule has 1 aliphatic rings. The quantitative estimate of drug-likeness (QED) is 0.920. The molecular formula is C16H20ClN3. The number of rotatable bonds is 2. The maximum atomic E-state index is 6.16. The Morgan fingerprint density at radius 3 is 2.90 bits per heavy atom. The van der Waals surface area contributed by atoms with Crippen LogP contribution < -0.4 is 5.32 Å². The molecule has 1 fully saturated rings. The van der Waals surface area contributed by atoms with Crippen molar-refractivity contribution in [3.63, 3.8) is 0 Å². The Morgan fingerprint density at radius 2 is 2.20 bits per heavy atom. The maximum Gasteiger partial charge on any atom is 0.0628 e. The van der Waals surface area contributed by atoms with Crippen molar-refractivity contribution >= 4 is 11.6 Å². The molecule has 0 radical (unpaired) electrons. The highest BCUT2D eigenvalue weighted by Gasteiger charge is 2.29. The molecule has 106 valence electrons. The Labute approximate surface area is 124 Å². The van der Waals surface area contributed by atoms with Crippen LogP contribution in [0.2, 0.25) is 5.02 Å². The lowest BCUT2D eigenvalue weighted by Crippen LogP contribution is -2.34. The molecule has 3 rings (SSSR count). The van der Waals surface area contributed by atoms with Crippen LogP contribution in [0.4, 0.5) is 0 Å². The SMILES string of the molecule is Cc1nn(C)cc1C1CCNCC1c1cccc(Cl)c1. The number of hydrogen-bond acceptors (Lipinski definition) is 2. The van der Waals surface area contributed by atoms with Gasteiger partial charge in [-0.05, 0) is 49.1 Å². The second-order valence-corrected chi connectivity index (χ2v) is 6.04. The average Bonchev–Trinajstić information content (AvgIpc) is 2.78. The molecule has 0 bridgehead atoms. The van der Waals surface area contributed by atoms with Gasteiger partial charge in [0, 0.05) is 30.7 Å². The van der Waals surface area contributed by atoms with Crippen LogP contribution in [0.15, 0.2) is 30.5 Å². The molecule has 0 saturated carbocycles. The molecule has 0 aliphatic carbocycles. The van der Waals surface area contributed by atoms with Gasteiger partial charge in [0.1, 0.15) is 0 Å². The van der Waals surface area contributed by atoms with Crippen molar-refractivity contribution in [2.24, 2.45) is 7.05 Å². The van der Waals surface area contributed by atoms with E-state index in [1.54, 1.807) is 0 Å². The van der Waals surface area contributed by atoms with Crippen LogP contribution in [0.3, 0.4) is 0 Å². The van der Waals surface area contributed by atoms with Crippen molar-refractivity contribution in [2.45, 2.75) is 25.2 Å². The van der Waals surface area contributed by atoms with Gasteiger partial charge < -0.3 is 5.32 Å². The van der Waals surface area contributed by atoms with E-state index in [4.69, 9.17) is 11.6 Å². The Kier molecular flexibility index (Phi) is 3.81. The maximum absolute atomic E-state index is 6.16. The second-order valence-electron chi connectivity index (χ2n) is 5.60. The first-order chi connectivity index (χ1) is 9.65. The zero-order valence-electron chi connectivity index (χ0n) is 11.9. The topological polar surface area (TPSA) is 29.9 Å². The number of nitrogens with zero attached hydrogens (tertiary/aromatic N) is 2. The first-order valence-electron chi connectivity index (χ1n) is 7.11. The normalized spacial score (nSPS) is 22.9. The zero-order valence-corrected chi connectivity index (χ0v) is 12.7. The van der Waals surface area contributed by atoms with Crippen LogP contribution in [0, 0.1) is 6.92 Å². The van der Waals surface area contributed by atoms with E-state index >= 15 is 0 Å². The van der Waals surface area contributed by atoms with Gasteiger partial charge in [0.2, 0.25) is 0 Å². The molecule has 4 heteroatoms. The summed E-state index contributed by atoms with van der Waals surface area (Å²) in [6, 6.07) is 8.26. The molecule has 1 aliphatic heterocycles. The predicted molar refractivity (Wildman–Crippen MR) is 82.4 cm³/mol. The van der Waals surface area contributed by atoms with E-state index in [-0.39, 0.29) is 0 Å². The minimum atomic E-state index is 0.463. The van der Waals surface area contributed by atoms with E-state index in [0.29, 0.717) is 11.8 Å². The van der Waals surface area contributed by atoms with Crippen molar-refractivity contribution < 1.29 is 0 Å². The fourth-order valence-electron chi connectivity index (χ4n) is 3.30. The van der Waals surface area contributed by atoms with Crippen molar-refractivity contribution in [2.75, 3.05) is 13.1 Å². The molecule has 2 aromatic rings. The highest BCUT2D eigenvalue weighted by molar-refractivity contribution is 6.30. The van der Waals surface area contributed by atoms with Gasteiger partial charge >= 0.3 is 0 Å². The van der Waals surface area contributed by atoms with Gasteiger partial charge in [-0.15, -0.1) is 0 Å². The predicted octanol–water partition coefficient (Wildman–Crippen LogP) is 3.24. The monoisotopic (exact) mass is 289 g/mol. The number of piperidine rings is 1. The average molecular weight is 290 g/mol. The lowest BCUT2D eigenvalue weighted by atomic mass is 9.77. The number of halogens is 1. The highest BCUT2D eigenvalue weighted by Crippen LogP contribution is 2.38. The summed E-state index contributed by atoms with van der Waals surface area (Å²) in [6.07, 6.45) is 3.31. The third kappa shape index (κ3) is 2.60. The smallest absolute Gasteiger partial charge is 0.0628 e. The van der Waals surface area contributed by atoms with Gasteiger partial charge in [-0.1, -0.05) is 23.7 Å². The molecule has 3 nitrogen and oxygen atoms in total. The van der Waals surface area contributed by atoms with Gasteiger partial charge in [0.05, 0.1) is 5.69 Å². The molecule has 1 saturated heterocycles. The zero-order chi connectivity index (χ0) is 14.1. The van der Waals surface area contributed by atoms with Crippen LogP contribution in [-0.4, -0.2) is 22.9 Å². The number of aryl methyl sites for hydroxylation is 2. The number of benzene rings is 1. The Hall–Kier alpha value is -1.32. The highest BCUT2D eigenvalue weighted by atomic mass is 35.5. The summed E-state index contributed by atoms with van der Waals surface area (Å²) in [7, 11) is 1.99. The summed E-state index contributed by atoms with van der Waals surface area (Å²) in [5.41, 5.74) is 3.84.